The van der Waals surface area contributed by atoms with E-state index in [1.54, 1.807) is 13.0 Å². The van der Waals surface area contributed by atoms with E-state index < -0.39 is 18.2 Å². The van der Waals surface area contributed by atoms with Gasteiger partial charge in [-0.25, -0.2) is 14.4 Å². The standard InChI is InChI=1S/C25H28ClN3O6/c1-15-12-16(13-19(26)22(15)30)14-21(23(31)32)35-25(34)28-9-7-18(8-10-28)29-11-6-17-4-2-3-5-20(17)27-24(29)33/h2-5,12-13,18,21,30H,6-11,14H2,1H3,(H,27,33)(H,31,32)/t21-/m1/s1. The van der Waals surface area contributed by atoms with Crippen molar-refractivity contribution in [1.82, 2.24) is 9.80 Å². The lowest BCUT2D eigenvalue weighted by atomic mass is 10.0. The number of nitrogens with zero attached hydrogens (tertiary/aromatic N) is 2. The summed E-state index contributed by atoms with van der Waals surface area (Å²) < 4.78 is 5.32. The number of halogens is 1. The summed E-state index contributed by atoms with van der Waals surface area (Å²) >= 11 is 5.99. The number of anilines is 1. The van der Waals surface area contributed by atoms with E-state index in [1.165, 1.54) is 11.0 Å². The Balaban J connectivity index is 1.33. The van der Waals surface area contributed by atoms with Crippen LogP contribution < -0.4 is 5.32 Å². The molecule has 3 N–H and O–H groups in total. The molecule has 0 aliphatic carbocycles. The third kappa shape index (κ3) is 5.62. The van der Waals surface area contributed by atoms with Crippen molar-refractivity contribution in [3.63, 3.8) is 0 Å². The fourth-order valence-electron chi connectivity index (χ4n) is 4.61. The monoisotopic (exact) mass is 501 g/mol. The van der Waals surface area contributed by atoms with Crippen molar-refractivity contribution in [2.45, 2.75) is 44.8 Å². The van der Waals surface area contributed by atoms with Crippen LogP contribution in [0.3, 0.4) is 0 Å². The highest BCUT2D eigenvalue weighted by Gasteiger charge is 2.33. The Morgan fingerprint density at radius 3 is 2.60 bits per heavy atom. The van der Waals surface area contributed by atoms with Crippen LogP contribution in [0.1, 0.15) is 29.5 Å². The smallest absolute Gasteiger partial charge is 0.410 e. The molecule has 1 fully saturated rings. The summed E-state index contributed by atoms with van der Waals surface area (Å²) in [5.74, 6) is -1.33. The fourth-order valence-corrected chi connectivity index (χ4v) is 4.90. The average Bonchev–Trinajstić information content (AvgIpc) is 3.00. The number of aryl methyl sites for hydroxylation is 1. The predicted molar refractivity (Wildman–Crippen MR) is 130 cm³/mol. The minimum atomic E-state index is -1.39. The van der Waals surface area contributed by atoms with Crippen molar-refractivity contribution in [3.05, 3.63) is 58.1 Å². The third-order valence-electron chi connectivity index (χ3n) is 6.56. The molecule has 1 saturated heterocycles. The molecule has 10 heteroatoms. The summed E-state index contributed by atoms with van der Waals surface area (Å²) in [5, 5.41) is 22.5. The number of phenolic OH excluding ortho intramolecular Hbond substituents is 1. The lowest BCUT2D eigenvalue weighted by Crippen LogP contribution is -2.50. The molecule has 0 unspecified atom stereocenters. The molecule has 2 aromatic rings. The number of ether oxygens (including phenoxy) is 1. The third-order valence-corrected chi connectivity index (χ3v) is 6.85. The van der Waals surface area contributed by atoms with Gasteiger partial charge in [-0.3, -0.25) is 0 Å². The molecule has 0 spiro atoms. The number of aromatic hydroxyl groups is 1. The highest BCUT2D eigenvalue weighted by atomic mass is 35.5. The van der Waals surface area contributed by atoms with Crippen molar-refractivity contribution in [3.8, 4) is 5.75 Å². The number of phenols is 1. The SMILES string of the molecule is Cc1cc(C[C@@H](OC(=O)N2CCC(N3CCc4ccccc4NC3=O)CC2)C(=O)O)cc(Cl)c1O. The Hall–Kier alpha value is -3.46. The van der Waals surface area contributed by atoms with Crippen LogP contribution >= 0.6 is 11.6 Å². The lowest BCUT2D eigenvalue weighted by molar-refractivity contribution is -0.147. The molecule has 0 saturated carbocycles. The maximum Gasteiger partial charge on any atom is 0.410 e. The minimum absolute atomic E-state index is 0.0225. The molecule has 2 heterocycles. The Kier molecular flexibility index (Phi) is 7.35. The molecular formula is C25H28ClN3O6. The quantitative estimate of drug-likeness (QED) is 0.568. The molecule has 2 aliphatic heterocycles. The highest BCUT2D eigenvalue weighted by molar-refractivity contribution is 6.32. The van der Waals surface area contributed by atoms with E-state index in [2.05, 4.69) is 5.32 Å². The number of aliphatic carboxylic acids is 1. The molecular weight excluding hydrogens is 474 g/mol. The second kappa shape index (κ2) is 10.4. The minimum Gasteiger partial charge on any atom is -0.506 e. The van der Waals surface area contributed by atoms with Gasteiger partial charge in [0.1, 0.15) is 5.75 Å². The summed E-state index contributed by atoms with van der Waals surface area (Å²) in [6, 6.07) is 10.6. The zero-order chi connectivity index (χ0) is 25.1. The van der Waals surface area contributed by atoms with Gasteiger partial charge in [-0.05, 0) is 55.0 Å². The summed E-state index contributed by atoms with van der Waals surface area (Å²) in [6.45, 7) is 2.96. The average molecular weight is 502 g/mol. The number of urea groups is 1. The molecule has 35 heavy (non-hydrogen) atoms. The van der Waals surface area contributed by atoms with Crippen LogP contribution in [0.4, 0.5) is 15.3 Å². The maximum absolute atomic E-state index is 12.8. The summed E-state index contributed by atoms with van der Waals surface area (Å²) in [7, 11) is 0. The second-order valence-electron chi connectivity index (χ2n) is 8.91. The van der Waals surface area contributed by atoms with Crippen LogP contribution in [0, 0.1) is 6.92 Å². The number of carbonyl (C=O) groups excluding carboxylic acids is 2. The molecule has 4 rings (SSSR count). The largest absolute Gasteiger partial charge is 0.506 e. The normalized spacial score (nSPS) is 17.3. The number of amides is 3. The van der Waals surface area contributed by atoms with Crippen molar-refractivity contribution in [2.75, 3.05) is 25.0 Å². The molecule has 0 bridgehead atoms. The van der Waals surface area contributed by atoms with Gasteiger partial charge in [-0.15, -0.1) is 0 Å². The summed E-state index contributed by atoms with van der Waals surface area (Å²) in [4.78, 5) is 40.5. The van der Waals surface area contributed by atoms with Crippen LogP contribution in [-0.2, 0) is 22.4 Å². The van der Waals surface area contributed by atoms with E-state index in [-0.39, 0.29) is 29.3 Å². The fraction of sp³-hybridized carbons (Fsp3) is 0.400. The topological polar surface area (TPSA) is 119 Å². The van der Waals surface area contributed by atoms with E-state index >= 15 is 0 Å². The van der Waals surface area contributed by atoms with Gasteiger partial charge < -0.3 is 30.1 Å². The van der Waals surface area contributed by atoms with E-state index in [9.17, 15) is 24.6 Å². The summed E-state index contributed by atoms with van der Waals surface area (Å²) in [6.07, 6.45) is -0.280. The van der Waals surface area contributed by atoms with E-state index in [4.69, 9.17) is 16.3 Å². The Bertz CT molecular complexity index is 1110. The summed E-state index contributed by atoms with van der Waals surface area (Å²) in [5.41, 5.74) is 2.96. The van der Waals surface area contributed by atoms with Crippen molar-refractivity contribution in [2.24, 2.45) is 0 Å². The number of benzene rings is 2. The van der Waals surface area contributed by atoms with Gasteiger partial charge in [0.2, 0.25) is 6.10 Å². The van der Waals surface area contributed by atoms with Crippen LogP contribution in [0.2, 0.25) is 5.02 Å². The van der Waals surface area contributed by atoms with E-state index in [0.717, 1.165) is 17.7 Å². The first-order chi connectivity index (χ1) is 16.7. The van der Waals surface area contributed by atoms with Gasteiger partial charge in [0.05, 0.1) is 5.02 Å². The Morgan fingerprint density at radius 2 is 1.91 bits per heavy atom. The number of carboxylic acids is 1. The van der Waals surface area contributed by atoms with Gasteiger partial charge in [0.25, 0.3) is 0 Å². The molecule has 0 aromatic heterocycles. The molecule has 0 radical (unpaired) electrons. The number of carbonyl (C=O) groups is 3. The molecule has 2 aliphatic rings. The number of nitrogens with one attached hydrogen (secondary N) is 1. The number of carboxylic acid groups (broad SMARTS) is 1. The predicted octanol–water partition coefficient (Wildman–Crippen LogP) is 4.04. The highest BCUT2D eigenvalue weighted by Crippen LogP contribution is 2.29. The number of likely N-dealkylation sites (tertiary alicyclic amines) is 1. The van der Waals surface area contributed by atoms with Gasteiger partial charge in [-0.1, -0.05) is 35.9 Å². The number of piperidine rings is 1. The van der Waals surface area contributed by atoms with Crippen LogP contribution in [0.5, 0.6) is 5.75 Å². The van der Waals surface area contributed by atoms with Crippen molar-refractivity contribution >= 4 is 35.4 Å². The zero-order valence-electron chi connectivity index (χ0n) is 19.4. The Labute approximate surface area is 208 Å². The molecule has 9 nitrogen and oxygen atoms in total. The number of rotatable bonds is 5. The second-order valence-corrected chi connectivity index (χ2v) is 9.31. The molecule has 1 atom stereocenters. The van der Waals surface area contributed by atoms with Crippen molar-refractivity contribution in [1.29, 1.82) is 0 Å². The van der Waals surface area contributed by atoms with Crippen LogP contribution in [-0.4, -0.2) is 69.9 Å². The first-order valence-corrected chi connectivity index (χ1v) is 11.9. The maximum atomic E-state index is 12.8. The van der Waals surface area contributed by atoms with E-state index in [0.29, 0.717) is 43.6 Å². The van der Waals surface area contributed by atoms with Crippen LogP contribution in [0.15, 0.2) is 36.4 Å². The molecule has 3 amide bonds. The number of hydrogen-bond acceptors (Lipinski definition) is 5. The van der Waals surface area contributed by atoms with Gasteiger partial charge in [0, 0.05) is 37.8 Å². The number of para-hydroxylation sites is 1. The van der Waals surface area contributed by atoms with Crippen LogP contribution in [0.25, 0.3) is 0 Å². The Morgan fingerprint density at radius 1 is 1.20 bits per heavy atom. The first-order valence-electron chi connectivity index (χ1n) is 11.5. The lowest BCUT2D eigenvalue weighted by Gasteiger charge is -2.37. The van der Waals surface area contributed by atoms with Gasteiger partial charge in [0.15, 0.2) is 0 Å². The molecule has 186 valence electrons. The number of fused-ring (bicyclic) bond motifs is 1. The van der Waals surface area contributed by atoms with Gasteiger partial charge >= 0.3 is 18.1 Å². The zero-order valence-corrected chi connectivity index (χ0v) is 20.1. The molecule has 2 aromatic carbocycles. The van der Waals surface area contributed by atoms with E-state index in [1.807, 2.05) is 29.2 Å². The van der Waals surface area contributed by atoms with Crippen molar-refractivity contribution < 1.29 is 29.3 Å². The van der Waals surface area contributed by atoms with Gasteiger partial charge in [-0.2, -0.15) is 0 Å². The first kappa shape index (κ1) is 24.7. The number of hydrogen-bond donors (Lipinski definition) is 3.